The molecule has 0 radical (unpaired) electrons. The van der Waals surface area contributed by atoms with Crippen molar-refractivity contribution in [2.75, 3.05) is 6.54 Å². The molecule has 0 bridgehead atoms. The van der Waals surface area contributed by atoms with Gasteiger partial charge < -0.3 is 9.80 Å². The summed E-state index contributed by atoms with van der Waals surface area (Å²) in [4.78, 5) is 31.3. The number of benzene rings is 2. The lowest BCUT2D eigenvalue weighted by Gasteiger charge is -2.30. The van der Waals surface area contributed by atoms with Crippen LogP contribution in [0.3, 0.4) is 0 Å². The van der Waals surface area contributed by atoms with Gasteiger partial charge in [0.05, 0.1) is 6.54 Å². The topological polar surface area (TPSA) is 40.6 Å². The molecule has 0 N–H and O–H groups in total. The van der Waals surface area contributed by atoms with Gasteiger partial charge in [-0.05, 0) is 73.5 Å². The molecule has 4 nitrogen and oxygen atoms in total. The molecule has 0 aliphatic heterocycles. The van der Waals surface area contributed by atoms with E-state index in [2.05, 4.69) is 6.92 Å². The van der Waals surface area contributed by atoms with Crippen LogP contribution in [-0.4, -0.2) is 34.2 Å². The Kier molecular flexibility index (Phi) is 10.7. The van der Waals surface area contributed by atoms with Crippen LogP contribution in [0.4, 0.5) is 4.39 Å². The van der Waals surface area contributed by atoms with Crippen molar-refractivity contribution in [2.24, 2.45) is 0 Å². The highest BCUT2D eigenvalue weighted by Gasteiger charge is 2.25. The Morgan fingerprint density at radius 3 is 2.19 bits per heavy atom. The van der Waals surface area contributed by atoms with E-state index in [4.69, 9.17) is 0 Å². The van der Waals surface area contributed by atoms with E-state index in [1.165, 1.54) is 37.0 Å². The summed E-state index contributed by atoms with van der Waals surface area (Å²) in [5.41, 5.74) is 2.67. The first kappa shape index (κ1) is 27.6. The third-order valence-corrected chi connectivity index (χ3v) is 7.14. The average molecular weight is 509 g/mol. The molecule has 0 atom stereocenters. The number of rotatable bonds is 13. The van der Waals surface area contributed by atoms with Crippen molar-refractivity contribution in [2.45, 2.75) is 72.0 Å². The van der Waals surface area contributed by atoms with Crippen molar-refractivity contribution >= 4 is 23.2 Å². The van der Waals surface area contributed by atoms with E-state index in [9.17, 15) is 14.0 Å². The predicted octanol–water partition coefficient (Wildman–Crippen LogP) is 7.09. The summed E-state index contributed by atoms with van der Waals surface area (Å²) in [6, 6.07) is 17.8. The molecule has 6 heteroatoms. The first-order valence-corrected chi connectivity index (χ1v) is 13.7. The fourth-order valence-electron chi connectivity index (χ4n) is 4.10. The zero-order chi connectivity index (χ0) is 25.9. The van der Waals surface area contributed by atoms with Gasteiger partial charge in [0.25, 0.3) is 5.91 Å². The van der Waals surface area contributed by atoms with Crippen LogP contribution < -0.4 is 0 Å². The van der Waals surface area contributed by atoms with Crippen molar-refractivity contribution in [1.29, 1.82) is 0 Å². The van der Waals surface area contributed by atoms with Gasteiger partial charge in [-0.15, -0.1) is 11.3 Å². The lowest BCUT2D eigenvalue weighted by Crippen LogP contribution is -2.45. The Morgan fingerprint density at radius 2 is 1.58 bits per heavy atom. The number of carbonyl (C=O) groups is 2. The largest absolute Gasteiger partial charge is 0.332 e. The van der Waals surface area contributed by atoms with Gasteiger partial charge in [-0.3, -0.25) is 9.59 Å². The second-order valence-corrected chi connectivity index (χ2v) is 10.5. The molecule has 3 aromatic rings. The van der Waals surface area contributed by atoms with Crippen LogP contribution in [0.2, 0.25) is 0 Å². The smallest absolute Gasteiger partial charge is 0.254 e. The maximum atomic E-state index is 13.5. The van der Waals surface area contributed by atoms with E-state index < -0.39 is 0 Å². The number of hydrogen-bond acceptors (Lipinski definition) is 3. The van der Waals surface area contributed by atoms with Gasteiger partial charge in [0.1, 0.15) is 12.4 Å². The summed E-state index contributed by atoms with van der Waals surface area (Å²) in [6.45, 7) is 6.84. The van der Waals surface area contributed by atoms with Gasteiger partial charge >= 0.3 is 0 Å². The van der Waals surface area contributed by atoms with Crippen LogP contribution in [0, 0.1) is 5.82 Å². The van der Waals surface area contributed by atoms with Crippen molar-refractivity contribution in [3.05, 3.63) is 93.4 Å². The molecule has 2 aromatic carbocycles. The minimum Gasteiger partial charge on any atom is -0.332 e. The molecule has 0 spiro atoms. The Labute approximate surface area is 218 Å². The van der Waals surface area contributed by atoms with Crippen LogP contribution in [0.15, 0.2) is 66.0 Å². The molecule has 1 aromatic heterocycles. The maximum Gasteiger partial charge on any atom is 0.254 e. The fourth-order valence-corrected chi connectivity index (χ4v) is 4.82. The highest BCUT2D eigenvalue weighted by Crippen LogP contribution is 2.18. The van der Waals surface area contributed by atoms with Crippen LogP contribution >= 0.6 is 11.3 Å². The van der Waals surface area contributed by atoms with Crippen molar-refractivity contribution in [3.8, 4) is 0 Å². The standard InChI is InChI=1S/C30H37FN2O2S/c1-4-5-6-7-9-24-11-15-26(16-12-24)30(35)33(23(2)3)22-29(34)32(21-28-10-8-19-36-28)20-25-13-17-27(31)18-14-25/h8,10-19,23H,4-7,9,20-22H2,1-3H3. The molecular formula is C30H37FN2O2S. The molecule has 192 valence electrons. The first-order chi connectivity index (χ1) is 17.4. The zero-order valence-electron chi connectivity index (χ0n) is 21.6. The van der Waals surface area contributed by atoms with E-state index in [-0.39, 0.29) is 30.2 Å². The molecule has 0 aliphatic carbocycles. The molecule has 36 heavy (non-hydrogen) atoms. The lowest BCUT2D eigenvalue weighted by atomic mass is 10.0. The number of thiophene rings is 1. The summed E-state index contributed by atoms with van der Waals surface area (Å²) in [5, 5.41) is 1.98. The molecular weight excluding hydrogens is 471 g/mol. The minimum atomic E-state index is -0.307. The third kappa shape index (κ3) is 8.30. The van der Waals surface area contributed by atoms with E-state index in [0.29, 0.717) is 18.7 Å². The summed E-state index contributed by atoms with van der Waals surface area (Å²) < 4.78 is 13.4. The number of nitrogens with zero attached hydrogens (tertiary/aromatic N) is 2. The van der Waals surface area contributed by atoms with E-state index in [1.54, 1.807) is 33.3 Å². The molecule has 1 heterocycles. The summed E-state index contributed by atoms with van der Waals surface area (Å²) in [6.07, 6.45) is 5.86. The fraction of sp³-hybridized carbons (Fsp3) is 0.400. The minimum absolute atomic E-state index is 0.0121. The van der Waals surface area contributed by atoms with Crippen molar-refractivity contribution in [1.82, 2.24) is 9.80 Å². The number of hydrogen-bond donors (Lipinski definition) is 0. The highest BCUT2D eigenvalue weighted by molar-refractivity contribution is 7.09. The summed E-state index contributed by atoms with van der Waals surface area (Å²) in [5.74, 6) is -0.588. The zero-order valence-corrected chi connectivity index (χ0v) is 22.4. The first-order valence-electron chi connectivity index (χ1n) is 12.8. The second-order valence-electron chi connectivity index (χ2n) is 9.49. The number of amides is 2. The van der Waals surface area contributed by atoms with Crippen LogP contribution in [0.25, 0.3) is 0 Å². The molecule has 0 unspecified atom stereocenters. The third-order valence-electron chi connectivity index (χ3n) is 6.28. The predicted molar refractivity (Wildman–Crippen MR) is 145 cm³/mol. The Morgan fingerprint density at radius 1 is 0.889 bits per heavy atom. The Bertz CT molecular complexity index is 1080. The van der Waals surface area contributed by atoms with Gasteiger partial charge in [-0.1, -0.05) is 56.5 Å². The Hall–Kier alpha value is -2.99. The van der Waals surface area contributed by atoms with Gasteiger partial charge in [-0.2, -0.15) is 0 Å². The molecule has 0 saturated heterocycles. The molecule has 0 saturated carbocycles. The molecule has 3 rings (SSSR count). The number of unbranched alkanes of at least 4 members (excludes halogenated alkanes) is 3. The molecule has 0 fully saturated rings. The normalized spacial score (nSPS) is 11.0. The van der Waals surface area contributed by atoms with Crippen LogP contribution in [-0.2, 0) is 24.3 Å². The molecule has 0 aliphatic rings. The maximum absolute atomic E-state index is 13.5. The van der Waals surface area contributed by atoms with Gasteiger partial charge in [-0.25, -0.2) is 4.39 Å². The van der Waals surface area contributed by atoms with Gasteiger partial charge in [0.15, 0.2) is 0 Å². The lowest BCUT2D eigenvalue weighted by molar-refractivity contribution is -0.133. The van der Waals surface area contributed by atoms with Gasteiger partial charge in [0.2, 0.25) is 5.91 Å². The molecule has 2 amide bonds. The van der Waals surface area contributed by atoms with E-state index in [0.717, 1.165) is 23.3 Å². The summed E-state index contributed by atoms with van der Waals surface area (Å²) >= 11 is 1.59. The Balaban J connectivity index is 1.70. The van der Waals surface area contributed by atoms with E-state index >= 15 is 0 Å². The van der Waals surface area contributed by atoms with Crippen LogP contribution in [0.5, 0.6) is 0 Å². The number of halogens is 1. The second kappa shape index (κ2) is 13.9. The van der Waals surface area contributed by atoms with Crippen molar-refractivity contribution in [3.63, 3.8) is 0 Å². The SMILES string of the molecule is CCCCCCc1ccc(C(=O)N(CC(=O)N(Cc2ccc(F)cc2)Cc2cccs2)C(C)C)cc1. The van der Waals surface area contributed by atoms with Gasteiger partial charge in [0, 0.05) is 23.0 Å². The van der Waals surface area contributed by atoms with E-state index in [1.807, 2.05) is 55.6 Å². The highest BCUT2D eigenvalue weighted by atomic mass is 32.1. The van der Waals surface area contributed by atoms with Crippen molar-refractivity contribution < 1.29 is 14.0 Å². The quantitative estimate of drug-likeness (QED) is 0.231. The average Bonchev–Trinajstić information content (AvgIpc) is 3.39. The monoisotopic (exact) mass is 508 g/mol. The summed E-state index contributed by atoms with van der Waals surface area (Å²) in [7, 11) is 0. The number of aryl methyl sites for hydroxylation is 1. The van der Waals surface area contributed by atoms with Crippen LogP contribution in [0.1, 0.15) is 72.8 Å². The number of carbonyl (C=O) groups excluding carboxylic acids is 2.